The van der Waals surface area contributed by atoms with Crippen molar-refractivity contribution in [1.82, 2.24) is 25.3 Å². The molecule has 1 aliphatic heterocycles. The van der Waals surface area contributed by atoms with E-state index in [1.807, 2.05) is 38.1 Å². The van der Waals surface area contributed by atoms with E-state index in [0.717, 1.165) is 50.7 Å². The highest BCUT2D eigenvalue weighted by atomic mass is 127. The van der Waals surface area contributed by atoms with Gasteiger partial charge >= 0.3 is 0 Å². The summed E-state index contributed by atoms with van der Waals surface area (Å²) in [5, 5.41) is 6.37. The van der Waals surface area contributed by atoms with E-state index in [-0.39, 0.29) is 41.8 Å². The van der Waals surface area contributed by atoms with Crippen LogP contribution in [0.3, 0.4) is 0 Å². The average molecular weight is 544 g/mol. The van der Waals surface area contributed by atoms with Gasteiger partial charge in [0.15, 0.2) is 5.96 Å². The predicted octanol–water partition coefficient (Wildman–Crippen LogP) is 1.27. The van der Waals surface area contributed by atoms with Gasteiger partial charge in [0, 0.05) is 65.5 Å². The molecule has 0 spiro atoms. The highest BCUT2D eigenvalue weighted by molar-refractivity contribution is 14.0. The van der Waals surface area contributed by atoms with Crippen LogP contribution in [0.25, 0.3) is 0 Å². The van der Waals surface area contributed by atoms with Crippen molar-refractivity contribution in [1.29, 1.82) is 0 Å². The summed E-state index contributed by atoms with van der Waals surface area (Å²) in [5.41, 5.74) is 1.83. The number of rotatable bonds is 7. The molecule has 0 saturated carbocycles. The standard InChI is InChI=1S/C22H36N6O2.HI/c1-17(2)25-20(29)16-27-11-13-28(14-12-27)22(23-3)24-10-9-18-7-6-8-19(15-18)21(30)26(4)5;/h6-8,15,17H,9-14,16H2,1-5H3,(H,23,24)(H,25,29);1H. The number of piperazine rings is 1. The van der Waals surface area contributed by atoms with Gasteiger partial charge in [-0.05, 0) is 38.0 Å². The molecule has 1 fully saturated rings. The van der Waals surface area contributed by atoms with Crippen LogP contribution < -0.4 is 10.6 Å². The Morgan fingerprint density at radius 1 is 1.16 bits per heavy atom. The molecule has 1 aromatic rings. The number of nitrogens with zero attached hydrogens (tertiary/aromatic N) is 4. The molecule has 9 heteroatoms. The summed E-state index contributed by atoms with van der Waals surface area (Å²) in [6, 6.07) is 7.93. The van der Waals surface area contributed by atoms with E-state index >= 15 is 0 Å². The summed E-state index contributed by atoms with van der Waals surface area (Å²) < 4.78 is 0. The highest BCUT2D eigenvalue weighted by Gasteiger charge is 2.21. The van der Waals surface area contributed by atoms with Crippen LogP contribution in [0.2, 0.25) is 0 Å². The number of halogens is 1. The maximum absolute atomic E-state index is 12.1. The summed E-state index contributed by atoms with van der Waals surface area (Å²) in [6.07, 6.45) is 0.808. The third-order valence-corrected chi connectivity index (χ3v) is 4.98. The first-order chi connectivity index (χ1) is 14.3. The van der Waals surface area contributed by atoms with Crippen LogP contribution in [0.5, 0.6) is 0 Å². The lowest BCUT2D eigenvalue weighted by Gasteiger charge is -2.36. The van der Waals surface area contributed by atoms with Crippen molar-refractivity contribution in [2.75, 3.05) is 60.4 Å². The number of aliphatic imine (C=N–C) groups is 1. The lowest BCUT2D eigenvalue weighted by atomic mass is 10.1. The molecule has 1 heterocycles. The minimum atomic E-state index is 0. The lowest BCUT2D eigenvalue weighted by Crippen LogP contribution is -2.54. The van der Waals surface area contributed by atoms with Crippen LogP contribution in [-0.2, 0) is 11.2 Å². The fourth-order valence-corrected chi connectivity index (χ4v) is 3.46. The van der Waals surface area contributed by atoms with Gasteiger partial charge in [-0.2, -0.15) is 0 Å². The minimum Gasteiger partial charge on any atom is -0.356 e. The van der Waals surface area contributed by atoms with Gasteiger partial charge in [0.2, 0.25) is 5.91 Å². The van der Waals surface area contributed by atoms with Crippen LogP contribution in [0.4, 0.5) is 0 Å². The molecule has 1 saturated heterocycles. The molecular formula is C22H37IN6O2. The van der Waals surface area contributed by atoms with E-state index in [1.54, 1.807) is 26.0 Å². The molecular weight excluding hydrogens is 507 g/mol. The molecule has 0 atom stereocenters. The van der Waals surface area contributed by atoms with Gasteiger partial charge in [-0.1, -0.05) is 12.1 Å². The molecule has 8 nitrogen and oxygen atoms in total. The number of amides is 2. The molecule has 0 aliphatic carbocycles. The number of carbonyl (C=O) groups excluding carboxylic acids is 2. The van der Waals surface area contributed by atoms with Crippen molar-refractivity contribution < 1.29 is 9.59 Å². The van der Waals surface area contributed by atoms with Crippen LogP contribution in [0.1, 0.15) is 29.8 Å². The average Bonchev–Trinajstić information content (AvgIpc) is 2.71. The molecule has 1 aliphatic rings. The molecule has 174 valence electrons. The number of hydrogen-bond acceptors (Lipinski definition) is 4. The van der Waals surface area contributed by atoms with Gasteiger partial charge < -0.3 is 20.4 Å². The Kier molecular flexibility index (Phi) is 11.8. The van der Waals surface area contributed by atoms with Gasteiger partial charge in [0.1, 0.15) is 0 Å². The van der Waals surface area contributed by atoms with E-state index in [9.17, 15) is 9.59 Å². The van der Waals surface area contributed by atoms with Crippen molar-refractivity contribution in [3.63, 3.8) is 0 Å². The summed E-state index contributed by atoms with van der Waals surface area (Å²) in [7, 11) is 5.31. The quantitative estimate of drug-likeness (QED) is 0.307. The van der Waals surface area contributed by atoms with Gasteiger partial charge in [-0.15, -0.1) is 24.0 Å². The molecule has 2 N–H and O–H groups in total. The van der Waals surface area contributed by atoms with Gasteiger partial charge in [0.05, 0.1) is 6.54 Å². The van der Waals surface area contributed by atoms with Gasteiger partial charge in [0.25, 0.3) is 5.91 Å². The van der Waals surface area contributed by atoms with Crippen molar-refractivity contribution in [3.05, 3.63) is 35.4 Å². The van der Waals surface area contributed by atoms with Crippen LogP contribution in [-0.4, -0.2) is 98.9 Å². The molecule has 31 heavy (non-hydrogen) atoms. The van der Waals surface area contributed by atoms with Crippen molar-refractivity contribution in [3.8, 4) is 0 Å². The monoisotopic (exact) mass is 544 g/mol. The fraction of sp³-hybridized carbons (Fsp3) is 0.591. The number of nitrogens with one attached hydrogen (secondary N) is 2. The normalized spacial score (nSPS) is 14.8. The zero-order valence-corrected chi connectivity index (χ0v) is 21.7. The topological polar surface area (TPSA) is 80.3 Å². The Bertz CT molecular complexity index is 745. The van der Waals surface area contributed by atoms with E-state index in [2.05, 4.69) is 25.4 Å². The second-order valence-corrected chi connectivity index (χ2v) is 8.11. The predicted molar refractivity (Wildman–Crippen MR) is 136 cm³/mol. The van der Waals surface area contributed by atoms with Crippen LogP contribution in [0, 0.1) is 0 Å². The van der Waals surface area contributed by atoms with E-state index in [0.29, 0.717) is 12.1 Å². The molecule has 0 bridgehead atoms. The summed E-state index contributed by atoms with van der Waals surface area (Å²) in [4.78, 5) is 34.5. The zero-order valence-electron chi connectivity index (χ0n) is 19.4. The first-order valence-corrected chi connectivity index (χ1v) is 10.6. The highest BCUT2D eigenvalue weighted by Crippen LogP contribution is 2.08. The molecule has 0 unspecified atom stereocenters. The third kappa shape index (κ3) is 9.02. The number of benzene rings is 1. The Balaban J connectivity index is 0.00000480. The maximum Gasteiger partial charge on any atom is 0.253 e. The number of carbonyl (C=O) groups is 2. The number of guanidine groups is 1. The summed E-state index contributed by atoms with van der Waals surface area (Å²) >= 11 is 0. The Labute approximate surface area is 203 Å². The largest absolute Gasteiger partial charge is 0.356 e. The van der Waals surface area contributed by atoms with Gasteiger partial charge in [-0.3, -0.25) is 19.5 Å². The molecule has 2 amide bonds. The zero-order chi connectivity index (χ0) is 22.1. The van der Waals surface area contributed by atoms with Crippen molar-refractivity contribution in [2.45, 2.75) is 26.3 Å². The van der Waals surface area contributed by atoms with Crippen LogP contribution >= 0.6 is 24.0 Å². The Morgan fingerprint density at radius 2 is 1.84 bits per heavy atom. The van der Waals surface area contributed by atoms with E-state index < -0.39 is 0 Å². The molecule has 1 aromatic carbocycles. The minimum absolute atomic E-state index is 0. The molecule has 0 aromatic heterocycles. The first kappa shape index (κ1) is 27.2. The Hall–Kier alpha value is -1.88. The van der Waals surface area contributed by atoms with Gasteiger partial charge in [-0.25, -0.2) is 0 Å². The summed E-state index contributed by atoms with van der Waals surface area (Å²) in [5.74, 6) is 0.971. The van der Waals surface area contributed by atoms with Crippen molar-refractivity contribution in [2.24, 2.45) is 4.99 Å². The third-order valence-electron chi connectivity index (χ3n) is 4.98. The lowest BCUT2D eigenvalue weighted by molar-refractivity contribution is -0.123. The maximum atomic E-state index is 12.1. The van der Waals surface area contributed by atoms with E-state index in [1.165, 1.54) is 0 Å². The summed E-state index contributed by atoms with van der Waals surface area (Å²) in [6.45, 7) is 8.47. The number of hydrogen-bond donors (Lipinski definition) is 2. The molecule has 2 rings (SSSR count). The Morgan fingerprint density at radius 3 is 2.42 bits per heavy atom. The van der Waals surface area contributed by atoms with E-state index in [4.69, 9.17) is 0 Å². The second kappa shape index (κ2) is 13.5. The van der Waals surface area contributed by atoms with Crippen LogP contribution in [0.15, 0.2) is 29.3 Å². The first-order valence-electron chi connectivity index (χ1n) is 10.6. The molecule has 0 radical (unpaired) electrons. The van der Waals surface area contributed by atoms with Crippen molar-refractivity contribution >= 4 is 41.8 Å². The smallest absolute Gasteiger partial charge is 0.253 e. The SMILES string of the molecule is CN=C(NCCc1cccc(C(=O)N(C)C)c1)N1CCN(CC(=O)NC(C)C)CC1.I. The fourth-order valence-electron chi connectivity index (χ4n) is 3.46. The second-order valence-electron chi connectivity index (χ2n) is 8.11.